The zero-order valence-electron chi connectivity index (χ0n) is 7.23. The van der Waals surface area contributed by atoms with E-state index >= 15 is 0 Å². The van der Waals surface area contributed by atoms with E-state index in [0.717, 1.165) is 6.42 Å². The summed E-state index contributed by atoms with van der Waals surface area (Å²) < 4.78 is 0. The molecule has 0 unspecified atom stereocenters. The van der Waals surface area contributed by atoms with Gasteiger partial charge in [0.1, 0.15) is 0 Å². The molecular formula is C10H15Cl. The minimum absolute atomic E-state index is 0.695. The highest BCUT2D eigenvalue weighted by Gasteiger charge is 1.84. The van der Waals surface area contributed by atoms with Gasteiger partial charge in [-0.1, -0.05) is 49.2 Å². The Kier molecular flexibility index (Phi) is 5.96. The second-order valence-corrected chi connectivity index (χ2v) is 2.96. The molecule has 0 fully saturated rings. The molecule has 0 aromatic carbocycles. The summed E-state index contributed by atoms with van der Waals surface area (Å²) in [6.45, 7) is 7.82. The maximum Gasteiger partial charge on any atom is 0.0400 e. The van der Waals surface area contributed by atoms with Gasteiger partial charge in [-0.25, -0.2) is 0 Å². The Morgan fingerprint density at radius 3 is 2.55 bits per heavy atom. The first kappa shape index (κ1) is 10.5. The van der Waals surface area contributed by atoms with Crippen LogP contribution in [0, 0.1) is 0 Å². The lowest BCUT2D eigenvalue weighted by Gasteiger charge is -1.93. The molecule has 62 valence electrons. The first-order valence-corrected chi connectivity index (χ1v) is 4.24. The molecule has 0 aliphatic carbocycles. The minimum Gasteiger partial charge on any atom is -0.0976 e. The van der Waals surface area contributed by atoms with E-state index in [-0.39, 0.29) is 0 Å². The third kappa shape index (κ3) is 5.93. The van der Waals surface area contributed by atoms with E-state index in [2.05, 4.69) is 20.4 Å². The summed E-state index contributed by atoms with van der Waals surface area (Å²) in [6, 6.07) is 0. The van der Waals surface area contributed by atoms with Gasteiger partial charge in [-0.05, 0) is 19.4 Å². The van der Waals surface area contributed by atoms with Gasteiger partial charge >= 0.3 is 0 Å². The predicted molar refractivity (Wildman–Crippen MR) is 52.8 cm³/mol. The molecular weight excluding hydrogens is 156 g/mol. The fourth-order valence-electron chi connectivity index (χ4n) is 0.768. The maximum absolute atomic E-state index is 5.71. The van der Waals surface area contributed by atoms with Crippen molar-refractivity contribution >= 4 is 11.6 Å². The van der Waals surface area contributed by atoms with Crippen LogP contribution in [-0.2, 0) is 0 Å². The van der Waals surface area contributed by atoms with Crippen LogP contribution in [0.5, 0.6) is 0 Å². The monoisotopic (exact) mass is 170 g/mol. The van der Waals surface area contributed by atoms with Gasteiger partial charge in [-0.2, -0.15) is 0 Å². The lowest BCUT2D eigenvalue weighted by molar-refractivity contribution is 0.906. The Labute approximate surface area is 74.3 Å². The molecule has 0 saturated carbocycles. The summed E-state index contributed by atoms with van der Waals surface area (Å²) in [4.78, 5) is 0. The number of hydrogen-bond acceptors (Lipinski definition) is 0. The zero-order chi connectivity index (χ0) is 8.69. The molecule has 0 aliphatic heterocycles. The van der Waals surface area contributed by atoms with Crippen LogP contribution in [0.3, 0.4) is 0 Å². The van der Waals surface area contributed by atoms with Gasteiger partial charge < -0.3 is 0 Å². The molecule has 1 heteroatoms. The lowest BCUT2D eigenvalue weighted by Crippen LogP contribution is -1.72. The van der Waals surface area contributed by atoms with Crippen molar-refractivity contribution in [2.45, 2.75) is 26.7 Å². The summed E-state index contributed by atoms with van der Waals surface area (Å²) in [6.07, 6.45) is 7.87. The summed E-state index contributed by atoms with van der Waals surface area (Å²) in [7, 11) is 0. The number of allylic oxidation sites excluding steroid dienone is 5. The third-order valence-corrected chi connectivity index (χ3v) is 1.65. The SMILES string of the molecule is C=C/C(Cl)=C\C=C(/C)CCC. The van der Waals surface area contributed by atoms with Gasteiger partial charge in [0.25, 0.3) is 0 Å². The molecule has 0 heterocycles. The van der Waals surface area contributed by atoms with Crippen LogP contribution in [0.4, 0.5) is 0 Å². The van der Waals surface area contributed by atoms with Crippen molar-refractivity contribution in [1.29, 1.82) is 0 Å². The van der Waals surface area contributed by atoms with Gasteiger partial charge in [-0.3, -0.25) is 0 Å². The average molecular weight is 171 g/mol. The fourth-order valence-corrected chi connectivity index (χ4v) is 0.831. The largest absolute Gasteiger partial charge is 0.0976 e. The molecule has 0 rings (SSSR count). The summed E-state index contributed by atoms with van der Waals surface area (Å²) in [5.41, 5.74) is 1.35. The van der Waals surface area contributed by atoms with Crippen LogP contribution >= 0.6 is 11.6 Å². The van der Waals surface area contributed by atoms with Gasteiger partial charge in [0.15, 0.2) is 0 Å². The quantitative estimate of drug-likeness (QED) is 0.559. The van der Waals surface area contributed by atoms with Crippen molar-refractivity contribution < 1.29 is 0 Å². The van der Waals surface area contributed by atoms with Crippen LogP contribution in [0.1, 0.15) is 26.7 Å². The Morgan fingerprint density at radius 1 is 1.45 bits per heavy atom. The van der Waals surface area contributed by atoms with E-state index in [4.69, 9.17) is 11.6 Å². The van der Waals surface area contributed by atoms with E-state index in [1.165, 1.54) is 12.0 Å². The van der Waals surface area contributed by atoms with Crippen molar-refractivity contribution in [1.82, 2.24) is 0 Å². The molecule has 11 heavy (non-hydrogen) atoms. The number of hydrogen-bond donors (Lipinski definition) is 0. The summed E-state index contributed by atoms with van der Waals surface area (Å²) in [5.74, 6) is 0. The highest BCUT2D eigenvalue weighted by atomic mass is 35.5. The fraction of sp³-hybridized carbons (Fsp3) is 0.400. The first-order valence-electron chi connectivity index (χ1n) is 3.86. The second kappa shape index (κ2) is 6.23. The Hall–Kier alpha value is -0.490. The third-order valence-electron chi connectivity index (χ3n) is 1.37. The van der Waals surface area contributed by atoms with Gasteiger partial charge in [-0.15, -0.1) is 0 Å². The molecule has 0 radical (unpaired) electrons. The number of rotatable bonds is 4. The normalized spacial score (nSPS) is 13.4. The molecule has 0 saturated heterocycles. The van der Waals surface area contributed by atoms with Crippen LogP contribution in [0.15, 0.2) is 35.4 Å². The molecule has 0 aliphatic rings. The van der Waals surface area contributed by atoms with E-state index < -0.39 is 0 Å². The minimum atomic E-state index is 0.695. The molecule has 0 aromatic heterocycles. The van der Waals surface area contributed by atoms with Gasteiger partial charge in [0.2, 0.25) is 0 Å². The molecule has 0 nitrogen and oxygen atoms in total. The predicted octanol–water partition coefficient (Wildman–Crippen LogP) is 4.04. The van der Waals surface area contributed by atoms with Crippen LogP contribution in [0.2, 0.25) is 0 Å². The van der Waals surface area contributed by atoms with Crippen molar-refractivity contribution in [2.24, 2.45) is 0 Å². The smallest absolute Gasteiger partial charge is 0.0400 e. The van der Waals surface area contributed by atoms with Gasteiger partial charge in [0.05, 0.1) is 0 Å². The van der Waals surface area contributed by atoms with E-state index in [1.54, 1.807) is 6.08 Å². The second-order valence-electron chi connectivity index (χ2n) is 2.52. The van der Waals surface area contributed by atoms with Crippen molar-refractivity contribution in [3.63, 3.8) is 0 Å². The molecule has 0 bridgehead atoms. The van der Waals surface area contributed by atoms with Crippen molar-refractivity contribution in [3.05, 3.63) is 35.4 Å². The zero-order valence-corrected chi connectivity index (χ0v) is 7.99. The average Bonchev–Trinajstić information content (AvgIpc) is 2.01. The first-order chi connectivity index (χ1) is 5.20. The topological polar surface area (TPSA) is 0 Å². The van der Waals surface area contributed by atoms with E-state index in [0.29, 0.717) is 5.03 Å². The van der Waals surface area contributed by atoms with Crippen LogP contribution in [-0.4, -0.2) is 0 Å². The Bertz CT molecular complexity index is 175. The highest BCUT2D eigenvalue weighted by molar-refractivity contribution is 6.31. The van der Waals surface area contributed by atoms with Crippen LogP contribution < -0.4 is 0 Å². The summed E-state index contributed by atoms with van der Waals surface area (Å²) >= 11 is 5.71. The van der Waals surface area contributed by atoms with E-state index in [1.807, 2.05) is 12.2 Å². The van der Waals surface area contributed by atoms with Crippen molar-refractivity contribution in [3.8, 4) is 0 Å². The molecule has 0 atom stereocenters. The Morgan fingerprint density at radius 2 is 2.09 bits per heavy atom. The van der Waals surface area contributed by atoms with Crippen LogP contribution in [0.25, 0.3) is 0 Å². The van der Waals surface area contributed by atoms with Gasteiger partial charge in [0, 0.05) is 5.03 Å². The molecule has 0 spiro atoms. The summed E-state index contributed by atoms with van der Waals surface area (Å²) in [5, 5.41) is 0.695. The molecule has 0 aromatic rings. The van der Waals surface area contributed by atoms with E-state index in [9.17, 15) is 0 Å². The molecule has 0 amide bonds. The number of halogens is 1. The maximum atomic E-state index is 5.71. The highest BCUT2D eigenvalue weighted by Crippen LogP contribution is 2.07. The lowest BCUT2D eigenvalue weighted by atomic mass is 10.1. The van der Waals surface area contributed by atoms with Crippen molar-refractivity contribution in [2.75, 3.05) is 0 Å². The molecule has 0 N–H and O–H groups in total. The Balaban J connectivity index is 3.99. The standard InChI is InChI=1S/C10H15Cl/c1-4-6-9(3)7-8-10(11)5-2/h5,7-8H,2,4,6H2,1,3H3/b9-7+,10-8+.